The molecule has 0 aromatic heterocycles. The van der Waals surface area contributed by atoms with Gasteiger partial charge in [-0.3, -0.25) is 0 Å². The normalized spacial score (nSPS) is 18.9. The lowest BCUT2D eigenvalue weighted by Gasteiger charge is -2.37. The van der Waals surface area contributed by atoms with Crippen LogP contribution in [0, 0.1) is 5.82 Å². The van der Waals surface area contributed by atoms with Gasteiger partial charge in [-0.15, -0.1) is 0 Å². The van der Waals surface area contributed by atoms with Crippen LogP contribution in [-0.4, -0.2) is 32.2 Å². The van der Waals surface area contributed by atoms with E-state index in [1.165, 1.54) is 25.7 Å². The summed E-state index contributed by atoms with van der Waals surface area (Å²) in [5.41, 5.74) is 6.64. The first kappa shape index (κ1) is 14.8. The summed E-state index contributed by atoms with van der Waals surface area (Å²) in [7, 11) is 1.30. The molecule has 4 nitrogen and oxygen atoms in total. The van der Waals surface area contributed by atoms with E-state index in [1.807, 2.05) is 0 Å². The quantitative estimate of drug-likeness (QED) is 0.860. The van der Waals surface area contributed by atoms with Gasteiger partial charge in [0, 0.05) is 18.3 Å². The monoisotopic (exact) mass is 280 g/mol. The first-order valence-electron chi connectivity index (χ1n) is 7.01. The molecule has 1 aliphatic rings. The Morgan fingerprint density at radius 1 is 1.45 bits per heavy atom. The second kappa shape index (κ2) is 6.70. The van der Waals surface area contributed by atoms with Gasteiger partial charge in [0.15, 0.2) is 0 Å². The van der Waals surface area contributed by atoms with Crippen LogP contribution in [-0.2, 0) is 4.74 Å². The minimum Gasteiger partial charge on any atom is -0.465 e. The van der Waals surface area contributed by atoms with Crippen molar-refractivity contribution in [1.82, 2.24) is 0 Å². The lowest BCUT2D eigenvalue weighted by Crippen LogP contribution is -2.40. The fraction of sp³-hybridized carbons (Fsp3) is 0.533. The number of ether oxygens (including phenoxy) is 1. The fourth-order valence-electron chi connectivity index (χ4n) is 2.81. The van der Waals surface area contributed by atoms with Crippen molar-refractivity contribution in [2.45, 2.75) is 31.7 Å². The number of benzene rings is 1. The molecule has 0 bridgehead atoms. The van der Waals surface area contributed by atoms with Crippen molar-refractivity contribution in [1.29, 1.82) is 0 Å². The van der Waals surface area contributed by atoms with Crippen molar-refractivity contribution < 1.29 is 13.9 Å². The van der Waals surface area contributed by atoms with Gasteiger partial charge in [-0.25, -0.2) is 9.18 Å². The molecule has 1 aromatic carbocycles. The van der Waals surface area contributed by atoms with Crippen LogP contribution in [0.15, 0.2) is 18.2 Å². The number of carbonyl (C=O) groups is 1. The summed E-state index contributed by atoms with van der Waals surface area (Å²) < 4.78 is 18.4. The largest absolute Gasteiger partial charge is 0.465 e. The highest BCUT2D eigenvalue weighted by Gasteiger charge is 2.23. The van der Waals surface area contributed by atoms with E-state index in [9.17, 15) is 9.18 Å². The molecule has 1 aliphatic heterocycles. The average Bonchev–Trinajstić information content (AvgIpc) is 2.46. The number of hydrogen-bond acceptors (Lipinski definition) is 4. The minimum absolute atomic E-state index is 0.250. The zero-order chi connectivity index (χ0) is 14.5. The predicted octanol–water partition coefficient (Wildman–Crippen LogP) is 2.32. The Morgan fingerprint density at radius 2 is 2.25 bits per heavy atom. The summed E-state index contributed by atoms with van der Waals surface area (Å²) in [6, 6.07) is 4.70. The van der Waals surface area contributed by atoms with E-state index >= 15 is 0 Å². The van der Waals surface area contributed by atoms with Crippen LogP contribution in [0.25, 0.3) is 0 Å². The van der Waals surface area contributed by atoms with Crippen molar-refractivity contribution >= 4 is 11.7 Å². The number of halogens is 1. The van der Waals surface area contributed by atoms with Gasteiger partial charge in [-0.05, 0) is 50.4 Å². The van der Waals surface area contributed by atoms with Gasteiger partial charge in [0.1, 0.15) is 5.82 Å². The number of esters is 1. The van der Waals surface area contributed by atoms with Crippen LogP contribution in [0.5, 0.6) is 0 Å². The molecular formula is C15H21FN2O2. The van der Waals surface area contributed by atoms with Gasteiger partial charge < -0.3 is 15.4 Å². The molecule has 0 aliphatic carbocycles. The third-order valence-electron chi connectivity index (χ3n) is 3.76. The summed E-state index contributed by atoms with van der Waals surface area (Å²) in [5, 5.41) is 0. The van der Waals surface area contributed by atoms with Crippen LogP contribution in [0.4, 0.5) is 10.1 Å². The van der Waals surface area contributed by atoms with Crippen LogP contribution < -0.4 is 10.6 Å². The maximum atomic E-state index is 13.7. The molecule has 1 aromatic rings. The highest BCUT2D eigenvalue weighted by Crippen LogP contribution is 2.28. The second-order valence-electron chi connectivity index (χ2n) is 5.11. The summed E-state index contributed by atoms with van der Waals surface area (Å²) in [6.07, 6.45) is 4.18. The van der Waals surface area contributed by atoms with Gasteiger partial charge in [-0.1, -0.05) is 0 Å². The molecule has 1 atom stereocenters. The van der Waals surface area contributed by atoms with E-state index in [0.717, 1.165) is 31.5 Å². The number of nitrogens with zero attached hydrogens (tertiary/aromatic N) is 1. The SMILES string of the molecule is COC(=O)c1cc(F)cc(N2CCCC[C@H]2CCN)c1. The molecule has 0 radical (unpaired) electrons. The number of methoxy groups -OCH3 is 1. The van der Waals surface area contributed by atoms with Crippen molar-refractivity contribution in [3.05, 3.63) is 29.6 Å². The van der Waals surface area contributed by atoms with Gasteiger partial charge in [0.2, 0.25) is 0 Å². The Labute approximate surface area is 118 Å². The van der Waals surface area contributed by atoms with Gasteiger partial charge >= 0.3 is 5.97 Å². The number of piperidine rings is 1. The Bertz CT molecular complexity index is 477. The number of anilines is 1. The van der Waals surface area contributed by atoms with Crippen molar-refractivity contribution in [2.24, 2.45) is 5.73 Å². The smallest absolute Gasteiger partial charge is 0.338 e. The van der Waals surface area contributed by atoms with Gasteiger partial charge in [0.25, 0.3) is 0 Å². The van der Waals surface area contributed by atoms with Crippen molar-refractivity contribution in [3.63, 3.8) is 0 Å². The van der Waals surface area contributed by atoms with Crippen molar-refractivity contribution in [2.75, 3.05) is 25.1 Å². The third kappa shape index (κ3) is 3.28. The maximum absolute atomic E-state index is 13.7. The van der Waals surface area contributed by atoms with Crippen LogP contribution >= 0.6 is 0 Å². The molecule has 0 amide bonds. The lowest BCUT2D eigenvalue weighted by atomic mass is 9.98. The maximum Gasteiger partial charge on any atom is 0.338 e. The number of hydrogen-bond donors (Lipinski definition) is 1. The van der Waals surface area contributed by atoms with Crippen LogP contribution in [0.1, 0.15) is 36.0 Å². The molecule has 0 saturated carbocycles. The molecule has 0 spiro atoms. The van der Waals surface area contributed by atoms with E-state index in [4.69, 9.17) is 5.73 Å². The van der Waals surface area contributed by atoms with E-state index in [1.54, 1.807) is 6.07 Å². The Morgan fingerprint density at radius 3 is 2.95 bits per heavy atom. The predicted molar refractivity (Wildman–Crippen MR) is 76.4 cm³/mol. The molecule has 110 valence electrons. The van der Waals surface area contributed by atoms with Crippen LogP contribution in [0.3, 0.4) is 0 Å². The van der Waals surface area contributed by atoms with E-state index in [-0.39, 0.29) is 5.56 Å². The van der Waals surface area contributed by atoms with E-state index in [2.05, 4.69) is 9.64 Å². The molecule has 20 heavy (non-hydrogen) atoms. The summed E-state index contributed by atoms with van der Waals surface area (Å²) in [6.45, 7) is 1.48. The molecule has 1 saturated heterocycles. The van der Waals surface area contributed by atoms with Gasteiger partial charge in [-0.2, -0.15) is 0 Å². The summed E-state index contributed by atoms with van der Waals surface area (Å²) >= 11 is 0. The molecule has 5 heteroatoms. The third-order valence-corrected chi connectivity index (χ3v) is 3.76. The summed E-state index contributed by atoms with van der Waals surface area (Å²) in [5.74, 6) is -0.932. The first-order valence-corrected chi connectivity index (χ1v) is 7.01. The number of nitrogens with two attached hydrogens (primary N) is 1. The first-order chi connectivity index (χ1) is 9.65. The van der Waals surface area contributed by atoms with Crippen LogP contribution in [0.2, 0.25) is 0 Å². The zero-order valence-corrected chi connectivity index (χ0v) is 11.8. The fourth-order valence-corrected chi connectivity index (χ4v) is 2.81. The molecular weight excluding hydrogens is 259 g/mol. The zero-order valence-electron chi connectivity index (χ0n) is 11.8. The van der Waals surface area contributed by atoms with E-state index in [0.29, 0.717) is 12.6 Å². The molecule has 1 fully saturated rings. The summed E-state index contributed by atoms with van der Waals surface area (Å²) in [4.78, 5) is 13.7. The Hall–Kier alpha value is -1.62. The number of carbonyl (C=O) groups excluding carboxylic acids is 1. The average molecular weight is 280 g/mol. The minimum atomic E-state index is -0.516. The van der Waals surface area contributed by atoms with Crippen molar-refractivity contribution in [3.8, 4) is 0 Å². The Kier molecular flexibility index (Phi) is 4.95. The molecule has 2 N–H and O–H groups in total. The topological polar surface area (TPSA) is 55.6 Å². The highest BCUT2D eigenvalue weighted by atomic mass is 19.1. The van der Waals surface area contributed by atoms with Gasteiger partial charge in [0.05, 0.1) is 12.7 Å². The Balaban J connectivity index is 2.29. The molecule has 1 heterocycles. The van der Waals surface area contributed by atoms with E-state index < -0.39 is 11.8 Å². The molecule has 2 rings (SSSR count). The number of rotatable bonds is 4. The second-order valence-corrected chi connectivity index (χ2v) is 5.11. The standard InChI is InChI=1S/C15H21FN2O2/c1-20-15(19)11-8-12(16)10-14(9-11)18-7-3-2-4-13(18)5-6-17/h8-10,13H,2-7,17H2,1H3/t13-/m0/s1. The highest BCUT2D eigenvalue weighted by molar-refractivity contribution is 5.90. The molecule has 0 unspecified atom stereocenters. The lowest BCUT2D eigenvalue weighted by molar-refractivity contribution is 0.0600.